The Morgan fingerprint density at radius 3 is 2.22 bits per heavy atom. The molecule has 3 rings (SSSR count). The molecule has 7 heteroatoms. The Kier molecular flexibility index (Phi) is 10.8. The summed E-state index contributed by atoms with van der Waals surface area (Å²) in [7, 11) is 1.60. The van der Waals surface area contributed by atoms with Gasteiger partial charge in [0, 0.05) is 24.0 Å². The molecule has 0 heterocycles. The van der Waals surface area contributed by atoms with Gasteiger partial charge in [-0.05, 0) is 53.9 Å². The number of halogens is 1. The number of rotatable bonds is 13. The number of benzene rings is 3. The van der Waals surface area contributed by atoms with Crippen LogP contribution in [0, 0.1) is 0 Å². The van der Waals surface area contributed by atoms with Crippen LogP contribution in [-0.4, -0.2) is 43.0 Å². The lowest BCUT2D eigenvalue weighted by atomic mass is 10.0. The zero-order valence-corrected chi connectivity index (χ0v) is 22.4. The Labute approximate surface area is 221 Å². The van der Waals surface area contributed by atoms with Crippen molar-refractivity contribution in [1.82, 2.24) is 10.2 Å². The minimum absolute atomic E-state index is 0.165. The normalized spacial score (nSPS) is 11.4. The van der Waals surface area contributed by atoms with Crippen molar-refractivity contribution < 1.29 is 19.1 Å². The standard InChI is InChI=1S/C29H33BrN2O4/c1-3-4-18-31-29(34)27(19-22-8-6-5-7-9-22)32(20-23-10-12-24(30)13-11-23)28(33)21-36-26-16-14-25(35-2)15-17-26/h5-17,27H,3-4,18-21H2,1-2H3,(H,31,34). The molecular weight excluding hydrogens is 520 g/mol. The molecule has 36 heavy (non-hydrogen) atoms. The van der Waals surface area contributed by atoms with E-state index < -0.39 is 6.04 Å². The molecular formula is C29H33BrN2O4. The molecule has 0 bridgehead atoms. The monoisotopic (exact) mass is 552 g/mol. The molecule has 1 atom stereocenters. The molecule has 0 saturated carbocycles. The largest absolute Gasteiger partial charge is 0.497 e. The van der Waals surface area contributed by atoms with Gasteiger partial charge in [-0.2, -0.15) is 0 Å². The van der Waals surface area contributed by atoms with Crippen LogP contribution < -0.4 is 14.8 Å². The third kappa shape index (κ3) is 8.41. The predicted molar refractivity (Wildman–Crippen MR) is 145 cm³/mol. The van der Waals surface area contributed by atoms with Crippen LogP contribution in [0.15, 0.2) is 83.3 Å². The van der Waals surface area contributed by atoms with Gasteiger partial charge in [-0.15, -0.1) is 0 Å². The van der Waals surface area contributed by atoms with E-state index in [4.69, 9.17) is 9.47 Å². The maximum atomic E-state index is 13.6. The number of nitrogens with zero attached hydrogens (tertiary/aromatic N) is 1. The Bertz CT molecular complexity index is 1090. The third-order valence-corrected chi connectivity index (χ3v) is 6.32. The number of unbranched alkanes of at least 4 members (excludes halogenated alkanes) is 1. The molecule has 0 fully saturated rings. The molecule has 0 aliphatic rings. The molecule has 3 aromatic carbocycles. The van der Waals surface area contributed by atoms with Crippen LogP contribution in [0.4, 0.5) is 0 Å². The Morgan fingerprint density at radius 1 is 0.917 bits per heavy atom. The predicted octanol–water partition coefficient (Wildman–Crippen LogP) is 5.39. The van der Waals surface area contributed by atoms with E-state index in [0.29, 0.717) is 24.5 Å². The zero-order chi connectivity index (χ0) is 25.8. The van der Waals surface area contributed by atoms with E-state index in [2.05, 4.69) is 28.2 Å². The fourth-order valence-corrected chi connectivity index (χ4v) is 4.01. The van der Waals surface area contributed by atoms with E-state index >= 15 is 0 Å². The van der Waals surface area contributed by atoms with Gasteiger partial charge in [0.2, 0.25) is 5.91 Å². The van der Waals surface area contributed by atoms with Gasteiger partial charge in [-0.25, -0.2) is 0 Å². The van der Waals surface area contributed by atoms with Gasteiger partial charge in [0.1, 0.15) is 17.5 Å². The number of hydrogen-bond donors (Lipinski definition) is 1. The fraction of sp³-hybridized carbons (Fsp3) is 0.310. The minimum Gasteiger partial charge on any atom is -0.497 e. The summed E-state index contributed by atoms with van der Waals surface area (Å²) >= 11 is 3.46. The Balaban J connectivity index is 1.85. The van der Waals surface area contributed by atoms with Crippen molar-refractivity contribution >= 4 is 27.7 Å². The summed E-state index contributed by atoms with van der Waals surface area (Å²) in [6.45, 7) is 2.75. The van der Waals surface area contributed by atoms with Gasteiger partial charge >= 0.3 is 0 Å². The average molecular weight is 553 g/mol. The molecule has 0 aromatic heterocycles. The number of carbonyl (C=O) groups excluding carboxylic acids is 2. The highest BCUT2D eigenvalue weighted by atomic mass is 79.9. The lowest BCUT2D eigenvalue weighted by Gasteiger charge is -2.31. The summed E-state index contributed by atoms with van der Waals surface area (Å²) in [5.41, 5.74) is 1.91. The Morgan fingerprint density at radius 2 is 1.58 bits per heavy atom. The van der Waals surface area contributed by atoms with Crippen molar-refractivity contribution in [1.29, 1.82) is 0 Å². The molecule has 0 spiro atoms. The molecule has 2 amide bonds. The van der Waals surface area contributed by atoms with Crippen LogP contribution in [0.25, 0.3) is 0 Å². The molecule has 0 aliphatic heterocycles. The van der Waals surface area contributed by atoms with Gasteiger partial charge in [0.25, 0.3) is 5.91 Å². The highest BCUT2D eigenvalue weighted by molar-refractivity contribution is 9.10. The first-order valence-corrected chi connectivity index (χ1v) is 12.9. The Hall–Kier alpha value is -3.32. The summed E-state index contributed by atoms with van der Waals surface area (Å²) in [6, 6.07) is 23.9. The van der Waals surface area contributed by atoms with E-state index in [1.807, 2.05) is 54.6 Å². The summed E-state index contributed by atoms with van der Waals surface area (Å²) < 4.78 is 11.9. The fourth-order valence-electron chi connectivity index (χ4n) is 3.75. The van der Waals surface area contributed by atoms with Crippen molar-refractivity contribution in [2.45, 2.75) is 38.8 Å². The summed E-state index contributed by atoms with van der Waals surface area (Å²) in [5.74, 6) is 0.833. The minimum atomic E-state index is -0.681. The first kappa shape index (κ1) is 27.3. The second-order valence-corrected chi connectivity index (χ2v) is 9.38. The molecule has 1 N–H and O–H groups in total. The van der Waals surface area contributed by atoms with Crippen LogP contribution in [-0.2, 0) is 22.6 Å². The van der Waals surface area contributed by atoms with Crippen molar-refractivity contribution in [3.05, 3.63) is 94.5 Å². The summed E-state index contributed by atoms with van der Waals surface area (Å²) in [6.07, 6.45) is 2.26. The van der Waals surface area contributed by atoms with Gasteiger partial charge in [-0.3, -0.25) is 9.59 Å². The smallest absolute Gasteiger partial charge is 0.261 e. The molecule has 0 aliphatic carbocycles. The van der Waals surface area contributed by atoms with Crippen molar-refractivity contribution in [3.63, 3.8) is 0 Å². The number of amides is 2. The van der Waals surface area contributed by atoms with Crippen LogP contribution in [0.5, 0.6) is 11.5 Å². The molecule has 1 unspecified atom stereocenters. The first-order valence-electron chi connectivity index (χ1n) is 12.1. The van der Waals surface area contributed by atoms with Crippen LogP contribution in [0.1, 0.15) is 30.9 Å². The zero-order valence-electron chi connectivity index (χ0n) is 20.8. The van der Waals surface area contributed by atoms with Gasteiger partial charge < -0.3 is 19.7 Å². The average Bonchev–Trinajstić information content (AvgIpc) is 2.91. The topological polar surface area (TPSA) is 67.9 Å². The third-order valence-electron chi connectivity index (χ3n) is 5.79. The highest BCUT2D eigenvalue weighted by Gasteiger charge is 2.30. The number of ether oxygens (including phenoxy) is 2. The van der Waals surface area contributed by atoms with E-state index in [1.165, 1.54) is 0 Å². The van der Waals surface area contributed by atoms with E-state index in [9.17, 15) is 9.59 Å². The second kappa shape index (κ2) is 14.3. The van der Waals surface area contributed by atoms with E-state index in [-0.39, 0.29) is 25.0 Å². The maximum absolute atomic E-state index is 13.6. The molecule has 190 valence electrons. The van der Waals surface area contributed by atoms with E-state index in [1.54, 1.807) is 36.3 Å². The number of hydrogen-bond acceptors (Lipinski definition) is 4. The van der Waals surface area contributed by atoms with Gasteiger partial charge in [0.05, 0.1) is 7.11 Å². The van der Waals surface area contributed by atoms with Crippen molar-refractivity contribution in [3.8, 4) is 11.5 Å². The SMILES string of the molecule is CCCCNC(=O)C(Cc1ccccc1)N(Cc1ccc(Br)cc1)C(=O)COc1ccc(OC)cc1. The lowest BCUT2D eigenvalue weighted by Crippen LogP contribution is -2.51. The first-order chi connectivity index (χ1) is 17.5. The number of carbonyl (C=O) groups is 2. The molecule has 0 saturated heterocycles. The van der Waals surface area contributed by atoms with E-state index in [0.717, 1.165) is 28.4 Å². The van der Waals surface area contributed by atoms with Crippen LogP contribution in [0.2, 0.25) is 0 Å². The molecule has 0 radical (unpaired) electrons. The summed E-state index contributed by atoms with van der Waals surface area (Å²) in [4.78, 5) is 28.6. The van der Waals surface area contributed by atoms with Crippen LogP contribution >= 0.6 is 15.9 Å². The van der Waals surface area contributed by atoms with Gasteiger partial charge in [-0.1, -0.05) is 71.7 Å². The van der Waals surface area contributed by atoms with Crippen molar-refractivity contribution in [2.24, 2.45) is 0 Å². The molecule has 6 nitrogen and oxygen atoms in total. The second-order valence-electron chi connectivity index (χ2n) is 8.46. The molecule has 3 aromatic rings. The van der Waals surface area contributed by atoms with Gasteiger partial charge in [0.15, 0.2) is 6.61 Å². The lowest BCUT2D eigenvalue weighted by molar-refractivity contribution is -0.142. The maximum Gasteiger partial charge on any atom is 0.261 e. The highest BCUT2D eigenvalue weighted by Crippen LogP contribution is 2.19. The van der Waals surface area contributed by atoms with Crippen LogP contribution in [0.3, 0.4) is 0 Å². The number of methoxy groups -OCH3 is 1. The number of nitrogens with one attached hydrogen (secondary N) is 1. The van der Waals surface area contributed by atoms with Crippen molar-refractivity contribution in [2.75, 3.05) is 20.3 Å². The summed E-state index contributed by atoms with van der Waals surface area (Å²) in [5, 5.41) is 3.03. The quantitative estimate of drug-likeness (QED) is 0.288.